The zero-order valence-electron chi connectivity index (χ0n) is 17.1. The van der Waals surface area contributed by atoms with E-state index < -0.39 is 16.1 Å². The van der Waals surface area contributed by atoms with E-state index in [1.54, 1.807) is 24.3 Å². The quantitative estimate of drug-likeness (QED) is 0.401. The smallest absolute Gasteiger partial charge is 0.241 e. The van der Waals surface area contributed by atoms with Crippen LogP contribution in [0.5, 0.6) is 11.5 Å². The van der Waals surface area contributed by atoms with Crippen LogP contribution in [0.4, 0.5) is 0 Å². The average molecular weight is 430 g/mol. The summed E-state index contributed by atoms with van der Waals surface area (Å²) in [6.07, 6.45) is 0. The highest BCUT2D eigenvalue weighted by atomic mass is 32.2. The molecule has 0 heterocycles. The van der Waals surface area contributed by atoms with E-state index >= 15 is 0 Å². The number of benzene rings is 4. The third-order valence-electron chi connectivity index (χ3n) is 5.02. The second kappa shape index (κ2) is 9.16. The van der Waals surface area contributed by atoms with Gasteiger partial charge in [0.15, 0.2) is 0 Å². The first-order chi connectivity index (χ1) is 15.0. The lowest BCUT2D eigenvalue weighted by atomic mass is 9.96. The summed E-state index contributed by atoms with van der Waals surface area (Å²) in [6, 6.07) is 32.7. The van der Waals surface area contributed by atoms with Gasteiger partial charge in [-0.2, -0.15) is 4.72 Å². The molecule has 31 heavy (non-hydrogen) atoms. The first kappa shape index (κ1) is 20.8. The molecule has 4 aromatic carbocycles. The molecule has 0 bridgehead atoms. The van der Waals surface area contributed by atoms with Crippen LogP contribution >= 0.6 is 0 Å². The predicted molar refractivity (Wildman–Crippen MR) is 123 cm³/mol. The number of sulfonamides is 1. The van der Waals surface area contributed by atoms with E-state index in [0.29, 0.717) is 11.5 Å². The van der Waals surface area contributed by atoms with Crippen LogP contribution < -0.4 is 9.46 Å². The van der Waals surface area contributed by atoms with Gasteiger partial charge in [0, 0.05) is 0 Å². The van der Waals surface area contributed by atoms with Gasteiger partial charge in [-0.3, -0.25) is 0 Å². The average Bonchev–Trinajstić information content (AvgIpc) is 2.80. The van der Waals surface area contributed by atoms with Crippen molar-refractivity contribution in [1.29, 1.82) is 0 Å². The summed E-state index contributed by atoms with van der Waals surface area (Å²) < 4.78 is 35.1. The van der Waals surface area contributed by atoms with Crippen molar-refractivity contribution in [2.24, 2.45) is 0 Å². The highest BCUT2D eigenvalue weighted by Gasteiger charge is 2.24. The second-order valence-electron chi connectivity index (χ2n) is 7.21. The van der Waals surface area contributed by atoms with Crippen LogP contribution in [0.25, 0.3) is 0 Å². The lowest BCUT2D eigenvalue weighted by Crippen LogP contribution is -2.30. The Morgan fingerprint density at radius 3 is 1.87 bits per heavy atom. The Morgan fingerprint density at radius 1 is 0.677 bits per heavy atom. The molecule has 1 N–H and O–H groups in total. The van der Waals surface area contributed by atoms with Crippen molar-refractivity contribution in [2.45, 2.75) is 17.9 Å². The summed E-state index contributed by atoms with van der Waals surface area (Å²) in [5, 5.41) is 0. The standard InChI is InChI=1S/C26H23NO3S/c1-20-10-8-9-15-25(20)26(21-11-4-2-5-12-21)27-31(28,29)24-18-16-23(17-19-24)30-22-13-6-3-7-14-22/h2-19,26-27H,1H3/t26-/m1/s1. The molecule has 4 aromatic rings. The molecule has 0 unspecified atom stereocenters. The van der Waals surface area contributed by atoms with Crippen LogP contribution in [0.2, 0.25) is 0 Å². The Labute approximate surface area is 183 Å². The minimum Gasteiger partial charge on any atom is -0.457 e. The van der Waals surface area contributed by atoms with Crippen molar-refractivity contribution in [1.82, 2.24) is 4.72 Å². The molecule has 0 radical (unpaired) electrons. The summed E-state index contributed by atoms with van der Waals surface area (Å²) in [5.74, 6) is 1.27. The number of aryl methyl sites for hydroxylation is 1. The van der Waals surface area contributed by atoms with Gasteiger partial charge in [-0.15, -0.1) is 0 Å². The molecule has 0 aliphatic rings. The maximum atomic E-state index is 13.2. The molecule has 0 saturated carbocycles. The Hall–Kier alpha value is -3.41. The number of para-hydroxylation sites is 1. The third kappa shape index (κ3) is 5.02. The van der Waals surface area contributed by atoms with Crippen LogP contribution in [0.1, 0.15) is 22.7 Å². The molecule has 0 aliphatic carbocycles. The van der Waals surface area contributed by atoms with E-state index in [-0.39, 0.29) is 4.90 Å². The van der Waals surface area contributed by atoms with Gasteiger partial charge in [-0.05, 0) is 60.0 Å². The van der Waals surface area contributed by atoms with Crippen molar-refractivity contribution < 1.29 is 13.2 Å². The van der Waals surface area contributed by atoms with Crippen LogP contribution in [-0.2, 0) is 10.0 Å². The second-order valence-corrected chi connectivity index (χ2v) is 8.92. The highest BCUT2D eigenvalue weighted by Crippen LogP contribution is 2.28. The van der Waals surface area contributed by atoms with Crippen molar-refractivity contribution in [3.05, 3.63) is 126 Å². The van der Waals surface area contributed by atoms with E-state index in [9.17, 15) is 8.42 Å². The van der Waals surface area contributed by atoms with E-state index in [2.05, 4.69) is 4.72 Å². The van der Waals surface area contributed by atoms with Crippen LogP contribution in [0, 0.1) is 6.92 Å². The molecule has 0 fully saturated rings. The topological polar surface area (TPSA) is 55.4 Å². The fourth-order valence-corrected chi connectivity index (χ4v) is 4.61. The normalized spacial score (nSPS) is 12.3. The fraction of sp³-hybridized carbons (Fsp3) is 0.0769. The van der Waals surface area contributed by atoms with Crippen molar-refractivity contribution in [2.75, 3.05) is 0 Å². The molecule has 4 nitrogen and oxygen atoms in total. The largest absolute Gasteiger partial charge is 0.457 e. The van der Waals surface area contributed by atoms with Gasteiger partial charge in [-0.1, -0.05) is 72.8 Å². The molecule has 0 spiro atoms. The number of hydrogen-bond acceptors (Lipinski definition) is 3. The summed E-state index contributed by atoms with van der Waals surface area (Å²) >= 11 is 0. The van der Waals surface area contributed by atoms with E-state index in [1.807, 2.05) is 91.9 Å². The zero-order chi connectivity index (χ0) is 21.7. The molecular weight excluding hydrogens is 406 g/mol. The highest BCUT2D eigenvalue weighted by molar-refractivity contribution is 7.89. The van der Waals surface area contributed by atoms with E-state index in [0.717, 1.165) is 16.7 Å². The third-order valence-corrected chi connectivity index (χ3v) is 6.46. The lowest BCUT2D eigenvalue weighted by Gasteiger charge is -2.21. The Bertz CT molecular complexity index is 1240. The van der Waals surface area contributed by atoms with Gasteiger partial charge in [-0.25, -0.2) is 8.42 Å². The van der Waals surface area contributed by atoms with Crippen molar-refractivity contribution in [3.63, 3.8) is 0 Å². The number of rotatable bonds is 7. The SMILES string of the molecule is Cc1ccccc1[C@H](NS(=O)(=O)c1ccc(Oc2ccccc2)cc1)c1ccccc1. The first-order valence-corrected chi connectivity index (χ1v) is 11.5. The Balaban J connectivity index is 1.61. The molecule has 0 aromatic heterocycles. The van der Waals surface area contributed by atoms with Gasteiger partial charge in [0.25, 0.3) is 0 Å². The summed E-state index contributed by atoms with van der Waals surface area (Å²) in [4.78, 5) is 0.183. The Kier molecular flexibility index (Phi) is 6.16. The van der Waals surface area contributed by atoms with Crippen LogP contribution in [-0.4, -0.2) is 8.42 Å². The minimum absolute atomic E-state index is 0.183. The Morgan fingerprint density at radius 2 is 1.23 bits per heavy atom. The molecule has 4 rings (SSSR count). The monoisotopic (exact) mass is 429 g/mol. The van der Waals surface area contributed by atoms with E-state index in [1.165, 1.54) is 0 Å². The number of hydrogen-bond donors (Lipinski definition) is 1. The van der Waals surface area contributed by atoms with Gasteiger partial charge >= 0.3 is 0 Å². The number of nitrogens with one attached hydrogen (secondary N) is 1. The minimum atomic E-state index is -3.77. The summed E-state index contributed by atoms with van der Waals surface area (Å²) in [7, 11) is -3.77. The van der Waals surface area contributed by atoms with Crippen molar-refractivity contribution in [3.8, 4) is 11.5 Å². The molecule has 0 amide bonds. The van der Waals surface area contributed by atoms with Gasteiger partial charge in [0.05, 0.1) is 10.9 Å². The maximum Gasteiger partial charge on any atom is 0.241 e. The van der Waals surface area contributed by atoms with Gasteiger partial charge in [0.2, 0.25) is 10.0 Å². The molecule has 5 heteroatoms. The first-order valence-electron chi connectivity index (χ1n) is 9.99. The van der Waals surface area contributed by atoms with Gasteiger partial charge in [0.1, 0.15) is 11.5 Å². The molecule has 1 atom stereocenters. The molecule has 0 saturated heterocycles. The van der Waals surface area contributed by atoms with E-state index in [4.69, 9.17) is 4.74 Å². The van der Waals surface area contributed by atoms with Crippen LogP contribution in [0.3, 0.4) is 0 Å². The van der Waals surface area contributed by atoms with Crippen LogP contribution in [0.15, 0.2) is 114 Å². The molecule has 0 aliphatic heterocycles. The molecule has 156 valence electrons. The zero-order valence-corrected chi connectivity index (χ0v) is 17.9. The molecular formula is C26H23NO3S. The summed E-state index contributed by atoms with van der Waals surface area (Å²) in [5.41, 5.74) is 2.82. The fourth-order valence-electron chi connectivity index (χ4n) is 3.40. The number of ether oxygens (including phenoxy) is 1. The maximum absolute atomic E-state index is 13.2. The van der Waals surface area contributed by atoms with Crippen molar-refractivity contribution >= 4 is 10.0 Å². The summed E-state index contributed by atoms with van der Waals surface area (Å²) in [6.45, 7) is 1.98. The lowest BCUT2D eigenvalue weighted by molar-refractivity contribution is 0.482. The predicted octanol–water partition coefficient (Wildman–Crippen LogP) is 5.86. The van der Waals surface area contributed by atoms with Gasteiger partial charge < -0.3 is 4.74 Å².